The highest BCUT2D eigenvalue weighted by molar-refractivity contribution is 6.36. The summed E-state index contributed by atoms with van der Waals surface area (Å²) in [6.45, 7) is 6.04. The van der Waals surface area contributed by atoms with Crippen molar-refractivity contribution in [3.8, 4) is 0 Å². The summed E-state index contributed by atoms with van der Waals surface area (Å²) in [7, 11) is 0. The number of anilines is 1. The number of aryl methyl sites for hydroxylation is 3. The maximum Gasteiger partial charge on any atom is 0.278 e. The number of imide groups is 1. The smallest absolute Gasteiger partial charge is 0.278 e. The number of nitrogens with zero attached hydrogens (tertiary/aromatic N) is 1. The number of hydrogen-bond donors (Lipinski definition) is 1. The first-order valence-electron chi connectivity index (χ1n) is 10.1. The molecule has 1 N–H and O–H groups in total. The standard InChI is InChI=1S/C26H23FN2O2/c1-16-7-10-19(11-8-16)15-29-25(30)23(22-12-9-17(2)13-18(22)3)24(26(29)31)28-21-6-4-5-20(27)14-21/h4-14,28H,15H2,1-3H3. The average Bonchev–Trinajstić information content (AvgIpc) is 2.94. The largest absolute Gasteiger partial charge is 0.350 e. The zero-order chi connectivity index (χ0) is 22.1. The van der Waals surface area contributed by atoms with Crippen LogP contribution in [0.3, 0.4) is 0 Å². The van der Waals surface area contributed by atoms with Gasteiger partial charge in [-0.2, -0.15) is 0 Å². The summed E-state index contributed by atoms with van der Waals surface area (Å²) in [6, 6.07) is 19.3. The van der Waals surface area contributed by atoms with Gasteiger partial charge in [0.1, 0.15) is 11.5 Å². The van der Waals surface area contributed by atoms with Crippen LogP contribution < -0.4 is 5.32 Å². The van der Waals surface area contributed by atoms with Crippen molar-refractivity contribution < 1.29 is 14.0 Å². The van der Waals surface area contributed by atoms with E-state index in [1.54, 1.807) is 12.1 Å². The van der Waals surface area contributed by atoms with E-state index >= 15 is 0 Å². The third-order valence-electron chi connectivity index (χ3n) is 5.37. The van der Waals surface area contributed by atoms with Crippen molar-refractivity contribution >= 4 is 23.1 Å². The molecule has 0 atom stereocenters. The van der Waals surface area contributed by atoms with Crippen LogP contribution >= 0.6 is 0 Å². The Kier molecular flexibility index (Phi) is 5.42. The molecule has 4 rings (SSSR count). The second-order valence-corrected chi connectivity index (χ2v) is 7.89. The molecule has 2 amide bonds. The van der Waals surface area contributed by atoms with E-state index in [9.17, 15) is 14.0 Å². The zero-order valence-corrected chi connectivity index (χ0v) is 17.7. The lowest BCUT2D eigenvalue weighted by atomic mass is 9.97. The topological polar surface area (TPSA) is 49.4 Å². The van der Waals surface area contributed by atoms with Crippen molar-refractivity contribution in [1.29, 1.82) is 0 Å². The molecule has 0 saturated heterocycles. The highest BCUT2D eigenvalue weighted by Gasteiger charge is 2.39. The monoisotopic (exact) mass is 414 g/mol. The Morgan fingerprint density at radius 3 is 2.23 bits per heavy atom. The first-order valence-corrected chi connectivity index (χ1v) is 10.1. The van der Waals surface area contributed by atoms with Gasteiger partial charge >= 0.3 is 0 Å². The Morgan fingerprint density at radius 2 is 1.55 bits per heavy atom. The maximum absolute atomic E-state index is 13.7. The Labute approximate surface area is 181 Å². The lowest BCUT2D eigenvalue weighted by Crippen LogP contribution is -2.32. The van der Waals surface area contributed by atoms with Crippen molar-refractivity contribution in [2.75, 3.05) is 5.32 Å². The van der Waals surface area contributed by atoms with Crippen LogP contribution in [0.2, 0.25) is 0 Å². The van der Waals surface area contributed by atoms with E-state index in [2.05, 4.69) is 5.32 Å². The molecule has 3 aromatic rings. The fraction of sp³-hybridized carbons (Fsp3) is 0.154. The van der Waals surface area contributed by atoms with Crippen LogP contribution in [0.25, 0.3) is 5.57 Å². The van der Waals surface area contributed by atoms with Crippen molar-refractivity contribution in [2.45, 2.75) is 27.3 Å². The summed E-state index contributed by atoms with van der Waals surface area (Å²) >= 11 is 0. The molecule has 1 aliphatic heterocycles. The Bertz CT molecular complexity index is 1210. The van der Waals surface area contributed by atoms with Crippen LogP contribution in [0.15, 0.2) is 72.4 Å². The Hall–Kier alpha value is -3.73. The van der Waals surface area contributed by atoms with Gasteiger partial charge in [0.25, 0.3) is 11.8 Å². The molecule has 156 valence electrons. The summed E-state index contributed by atoms with van der Waals surface area (Å²) in [5.41, 5.74) is 5.49. The van der Waals surface area contributed by atoms with E-state index < -0.39 is 11.7 Å². The van der Waals surface area contributed by atoms with E-state index in [4.69, 9.17) is 0 Å². The van der Waals surface area contributed by atoms with Crippen LogP contribution in [0.5, 0.6) is 0 Å². The van der Waals surface area contributed by atoms with Crippen LogP contribution in [0.1, 0.15) is 27.8 Å². The lowest BCUT2D eigenvalue weighted by molar-refractivity contribution is -0.137. The third-order valence-corrected chi connectivity index (χ3v) is 5.37. The van der Waals surface area contributed by atoms with Gasteiger partial charge in [-0.25, -0.2) is 4.39 Å². The molecule has 0 radical (unpaired) electrons. The van der Waals surface area contributed by atoms with Crippen molar-refractivity contribution in [2.24, 2.45) is 0 Å². The van der Waals surface area contributed by atoms with E-state index in [0.29, 0.717) is 16.8 Å². The number of carbonyl (C=O) groups is 2. The molecule has 0 saturated carbocycles. The minimum atomic E-state index is -0.426. The van der Waals surface area contributed by atoms with E-state index in [0.717, 1.165) is 22.3 Å². The number of hydrogen-bond acceptors (Lipinski definition) is 3. The van der Waals surface area contributed by atoms with Gasteiger partial charge in [0.05, 0.1) is 12.1 Å². The van der Waals surface area contributed by atoms with Crippen molar-refractivity contribution in [1.82, 2.24) is 4.90 Å². The van der Waals surface area contributed by atoms with E-state index in [1.807, 2.05) is 63.2 Å². The first-order chi connectivity index (χ1) is 14.8. The summed E-state index contributed by atoms with van der Waals surface area (Å²) < 4.78 is 13.7. The van der Waals surface area contributed by atoms with E-state index in [1.165, 1.54) is 17.0 Å². The highest BCUT2D eigenvalue weighted by Crippen LogP contribution is 2.33. The number of carbonyl (C=O) groups excluding carboxylic acids is 2. The third kappa shape index (κ3) is 4.12. The van der Waals surface area contributed by atoms with Gasteiger partial charge in [-0.1, -0.05) is 59.7 Å². The molecule has 0 spiro atoms. The van der Waals surface area contributed by atoms with Gasteiger partial charge in [-0.3, -0.25) is 14.5 Å². The number of amides is 2. The second kappa shape index (κ2) is 8.19. The fourth-order valence-corrected chi connectivity index (χ4v) is 3.77. The predicted octanol–water partition coefficient (Wildman–Crippen LogP) is 5.14. The first kappa shape index (κ1) is 20.5. The fourth-order valence-electron chi connectivity index (χ4n) is 3.77. The maximum atomic E-state index is 13.7. The summed E-state index contributed by atoms with van der Waals surface area (Å²) in [5.74, 6) is -1.21. The SMILES string of the molecule is Cc1ccc(CN2C(=O)C(Nc3cccc(F)c3)=C(c3ccc(C)cc3C)C2=O)cc1. The molecule has 31 heavy (non-hydrogen) atoms. The average molecular weight is 414 g/mol. The molecule has 0 aromatic heterocycles. The molecule has 3 aromatic carbocycles. The number of benzene rings is 3. The van der Waals surface area contributed by atoms with Crippen molar-refractivity contribution in [3.63, 3.8) is 0 Å². The molecular formula is C26H23FN2O2. The zero-order valence-electron chi connectivity index (χ0n) is 17.7. The van der Waals surface area contributed by atoms with Gasteiger partial charge in [0.2, 0.25) is 0 Å². The highest BCUT2D eigenvalue weighted by atomic mass is 19.1. The van der Waals surface area contributed by atoms with Crippen LogP contribution in [-0.4, -0.2) is 16.7 Å². The summed E-state index contributed by atoms with van der Waals surface area (Å²) in [5, 5.41) is 3.00. The molecule has 0 fully saturated rings. The molecule has 1 heterocycles. The minimum Gasteiger partial charge on any atom is -0.350 e. The normalized spacial score (nSPS) is 13.9. The van der Waals surface area contributed by atoms with E-state index in [-0.39, 0.29) is 18.1 Å². The van der Waals surface area contributed by atoms with Gasteiger partial charge in [0.15, 0.2) is 0 Å². The van der Waals surface area contributed by atoms with Crippen molar-refractivity contribution in [3.05, 3.63) is 106 Å². The van der Waals surface area contributed by atoms with Gasteiger partial charge in [-0.15, -0.1) is 0 Å². The number of halogens is 1. The molecule has 0 aliphatic carbocycles. The van der Waals surface area contributed by atoms with Gasteiger partial charge in [0, 0.05) is 5.69 Å². The Balaban J connectivity index is 1.77. The molecule has 0 bridgehead atoms. The summed E-state index contributed by atoms with van der Waals surface area (Å²) in [6.07, 6.45) is 0. The molecule has 4 nitrogen and oxygen atoms in total. The molecule has 5 heteroatoms. The Morgan fingerprint density at radius 1 is 0.839 bits per heavy atom. The number of rotatable bonds is 5. The van der Waals surface area contributed by atoms with Crippen LogP contribution in [0.4, 0.5) is 10.1 Å². The lowest BCUT2D eigenvalue weighted by Gasteiger charge is -2.16. The van der Waals surface area contributed by atoms with Gasteiger partial charge in [-0.05, 0) is 55.7 Å². The summed E-state index contributed by atoms with van der Waals surface area (Å²) in [4.78, 5) is 28.0. The van der Waals surface area contributed by atoms with Gasteiger partial charge < -0.3 is 5.32 Å². The quantitative estimate of drug-likeness (QED) is 0.588. The second-order valence-electron chi connectivity index (χ2n) is 7.89. The van der Waals surface area contributed by atoms with Crippen LogP contribution in [-0.2, 0) is 16.1 Å². The molecule has 1 aliphatic rings. The minimum absolute atomic E-state index is 0.162. The predicted molar refractivity (Wildman–Crippen MR) is 120 cm³/mol. The molecular weight excluding hydrogens is 391 g/mol. The number of nitrogens with one attached hydrogen (secondary N) is 1. The van der Waals surface area contributed by atoms with Crippen LogP contribution in [0, 0.1) is 26.6 Å². The molecule has 0 unspecified atom stereocenters.